The second-order valence-electron chi connectivity index (χ2n) is 10.3. The molecule has 0 aliphatic carbocycles. The van der Waals surface area contributed by atoms with Gasteiger partial charge >= 0.3 is 0 Å². The first-order valence-electron chi connectivity index (χ1n) is 12.8. The van der Waals surface area contributed by atoms with Crippen molar-refractivity contribution in [2.45, 2.75) is 38.9 Å². The van der Waals surface area contributed by atoms with E-state index in [1.54, 1.807) is 6.07 Å². The lowest BCUT2D eigenvalue weighted by molar-refractivity contribution is 0.0748. The van der Waals surface area contributed by atoms with Crippen LogP contribution in [0, 0.1) is 0 Å². The van der Waals surface area contributed by atoms with E-state index in [9.17, 15) is 9.90 Å². The highest BCUT2D eigenvalue weighted by molar-refractivity contribution is 6.01. The van der Waals surface area contributed by atoms with Crippen molar-refractivity contribution < 1.29 is 9.90 Å². The number of piperidine rings is 1. The standard InChI is InChI=1S/C27H34N6O2/c1-30-9-11-32(12-10-30)21-6-5-19-16-33(17-20(19)13-21)27(35)23-14-22-24(15-26(23)34)28-29-25(22)18-31-7-3-2-4-8-31/h5-6,13-15,34H,2-4,7-12,16-18H2,1H3,(H,28,29). The first-order chi connectivity index (χ1) is 17.0. The number of anilines is 1. The lowest BCUT2D eigenvalue weighted by Crippen LogP contribution is -2.44. The molecule has 35 heavy (non-hydrogen) atoms. The van der Waals surface area contributed by atoms with E-state index < -0.39 is 0 Å². The van der Waals surface area contributed by atoms with Crippen LogP contribution in [0.3, 0.4) is 0 Å². The molecule has 2 aromatic carbocycles. The molecule has 3 aromatic rings. The van der Waals surface area contributed by atoms with Gasteiger partial charge in [-0.05, 0) is 62.3 Å². The van der Waals surface area contributed by atoms with E-state index in [4.69, 9.17) is 0 Å². The summed E-state index contributed by atoms with van der Waals surface area (Å²) in [6.07, 6.45) is 3.73. The van der Waals surface area contributed by atoms with Crippen molar-refractivity contribution >= 4 is 22.5 Å². The number of fused-ring (bicyclic) bond motifs is 2. The highest BCUT2D eigenvalue weighted by atomic mass is 16.3. The Morgan fingerprint density at radius 3 is 2.54 bits per heavy atom. The molecule has 2 N–H and O–H groups in total. The number of rotatable bonds is 4. The van der Waals surface area contributed by atoms with Crippen LogP contribution in [0.2, 0.25) is 0 Å². The Labute approximate surface area is 206 Å². The SMILES string of the molecule is CN1CCN(c2ccc3c(c2)CN(C(=O)c2cc4c(CN5CCCCC5)n[nH]c4cc2O)C3)CC1. The Bertz CT molecular complexity index is 1240. The number of aromatic amines is 1. The fourth-order valence-corrected chi connectivity index (χ4v) is 5.68. The molecule has 0 radical (unpaired) electrons. The van der Waals surface area contributed by atoms with Crippen LogP contribution in [-0.2, 0) is 19.6 Å². The van der Waals surface area contributed by atoms with Gasteiger partial charge in [-0.15, -0.1) is 0 Å². The molecule has 0 atom stereocenters. The highest BCUT2D eigenvalue weighted by Crippen LogP contribution is 2.32. The van der Waals surface area contributed by atoms with Crippen molar-refractivity contribution in [3.8, 4) is 5.75 Å². The molecule has 2 saturated heterocycles. The first kappa shape index (κ1) is 22.4. The monoisotopic (exact) mass is 474 g/mol. The maximum absolute atomic E-state index is 13.5. The molecular weight excluding hydrogens is 440 g/mol. The molecule has 0 bridgehead atoms. The molecule has 0 saturated carbocycles. The smallest absolute Gasteiger partial charge is 0.258 e. The number of phenols is 1. The van der Waals surface area contributed by atoms with Gasteiger partial charge in [-0.25, -0.2) is 0 Å². The van der Waals surface area contributed by atoms with Gasteiger partial charge in [0.1, 0.15) is 5.75 Å². The largest absolute Gasteiger partial charge is 0.507 e. The molecule has 2 fully saturated rings. The van der Waals surface area contributed by atoms with Gasteiger partial charge in [0.25, 0.3) is 5.91 Å². The number of nitrogens with zero attached hydrogens (tertiary/aromatic N) is 5. The second kappa shape index (κ2) is 9.17. The minimum atomic E-state index is -0.133. The van der Waals surface area contributed by atoms with Crippen LogP contribution >= 0.6 is 0 Å². The van der Waals surface area contributed by atoms with Crippen molar-refractivity contribution in [1.29, 1.82) is 0 Å². The van der Waals surface area contributed by atoms with E-state index in [0.29, 0.717) is 18.7 Å². The summed E-state index contributed by atoms with van der Waals surface area (Å²) in [4.78, 5) is 22.6. The van der Waals surface area contributed by atoms with Gasteiger partial charge in [0.05, 0.1) is 16.8 Å². The number of aromatic nitrogens is 2. The number of piperazine rings is 1. The summed E-state index contributed by atoms with van der Waals surface area (Å²) in [5.74, 6) is -0.128. The van der Waals surface area contributed by atoms with E-state index in [1.165, 1.54) is 36.1 Å². The molecule has 1 amide bonds. The van der Waals surface area contributed by atoms with Crippen LogP contribution in [0.5, 0.6) is 5.75 Å². The zero-order chi connectivity index (χ0) is 23.9. The van der Waals surface area contributed by atoms with Crippen molar-refractivity contribution in [3.63, 3.8) is 0 Å². The third-order valence-electron chi connectivity index (χ3n) is 7.88. The number of likely N-dealkylation sites (N-methyl/N-ethyl adjacent to an activating group) is 1. The lowest BCUT2D eigenvalue weighted by Gasteiger charge is -2.34. The van der Waals surface area contributed by atoms with Crippen LogP contribution < -0.4 is 4.90 Å². The number of carbonyl (C=O) groups is 1. The predicted molar refractivity (Wildman–Crippen MR) is 137 cm³/mol. The maximum atomic E-state index is 13.5. The Balaban J connectivity index is 1.21. The summed E-state index contributed by atoms with van der Waals surface area (Å²) in [6.45, 7) is 8.25. The fourth-order valence-electron chi connectivity index (χ4n) is 5.68. The fraction of sp³-hybridized carbons (Fsp3) is 0.481. The summed E-state index contributed by atoms with van der Waals surface area (Å²) < 4.78 is 0. The van der Waals surface area contributed by atoms with Crippen molar-refractivity contribution in [2.75, 3.05) is 51.2 Å². The Kier molecular flexibility index (Phi) is 5.86. The number of benzene rings is 2. The van der Waals surface area contributed by atoms with Gasteiger partial charge in [-0.2, -0.15) is 5.10 Å². The van der Waals surface area contributed by atoms with Crippen molar-refractivity contribution in [2.24, 2.45) is 0 Å². The Morgan fingerprint density at radius 2 is 1.74 bits per heavy atom. The van der Waals surface area contributed by atoms with Gasteiger partial charge in [-0.1, -0.05) is 12.5 Å². The molecule has 4 heterocycles. The third kappa shape index (κ3) is 4.36. The van der Waals surface area contributed by atoms with Gasteiger partial charge in [0.15, 0.2) is 0 Å². The van der Waals surface area contributed by atoms with E-state index in [0.717, 1.165) is 62.4 Å². The molecule has 6 rings (SSSR count). The summed E-state index contributed by atoms with van der Waals surface area (Å²) in [7, 11) is 2.16. The predicted octanol–water partition coefficient (Wildman–Crippen LogP) is 3.16. The number of amides is 1. The number of likely N-dealkylation sites (tertiary alicyclic amines) is 1. The minimum Gasteiger partial charge on any atom is -0.507 e. The third-order valence-corrected chi connectivity index (χ3v) is 7.88. The number of hydrogen-bond acceptors (Lipinski definition) is 6. The molecule has 184 valence electrons. The first-order valence-corrected chi connectivity index (χ1v) is 12.8. The number of carbonyl (C=O) groups excluding carboxylic acids is 1. The molecule has 3 aliphatic rings. The Morgan fingerprint density at radius 1 is 0.971 bits per heavy atom. The number of H-pyrrole nitrogens is 1. The topological polar surface area (TPSA) is 78.9 Å². The number of nitrogens with one attached hydrogen (secondary N) is 1. The van der Waals surface area contributed by atoms with Crippen LogP contribution in [0.15, 0.2) is 30.3 Å². The van der Waals surface area contributed by atoms with Gasteiger partial charge in [0.2, 0.25) is 0 Å². The molecule has 0 unspecified atom stereocenters. The van der Waals surface area contributed by atoms with Crippen molar-refractivity contribution in [1.82, 2.24) is 24.9 Å². The summed E-state index contributed by atoms with van der Waals surface area (Å²) in [5, 5.41) is 19.2. The zero-order valence-electron chi connectivity index (χ0n) is 20.5. The van der Waals surface area contributed by atoms with Crippen LogP contribution in [0.1, 0.15) is 46.4 Å². The second-order valence-corrected chi connectivity index (χ2v) is 10.3. The minimum absolute atomic E-state index is 0.00440. The average Bonchev–Trinajstić information content (AvgIpc) is 3.47. The van der Waals surface area contributed by atoms with Gasteiger partial charge < -0.3 is 19.8 Å². The number of aromatic hydroxyl groups is 1. The maximum Gasteiger partial charge on any atom is 0.258 e. The van der Waals surface area contributed by atoms with E-state index in [2.05, 4.69) is 50.1 Å². The molecule has 0 spiro atoms. The number of phenolic OH excluding ortho intramolecular Hbond substituents is 1. The van der Waals surface area contributed by atoms with Gasteiger partial charge in [0, 0.05) is 63.0 Å². The van der Waals surface area contributed by atoms with Crippen LogP contribution in [-0.4, -0.2) is 82.2 Å². The van der Waals surface area contributed by atoms with E-state index in [-0.39, 0.29) is 11.7 Å². The highest BCUT2D eigenvalue weighted by Gasteiger charge is 2.28. The normalized spacial score (nSPS) is 19.5. The summed E-state index contributed by atoms with van der Waals surface area (Å²) in [5.41, 5.74) is 5.68. The molecular formula is C27H34N6O2. The summed E-state index contributed by atoms with van der Waals surface area (Å²) in [6, 6.07) is 10.0. The van der Waals surface area contributed by atoms with Crippen LogP contribution in [0.4, 0.5) is 5.69 Å². The number of hydrogen-bond donors (Lipinski definition) is 2. The molecule has 8 nitrogen and oxygen atoms in total. The molecule has 3 aliphatic heterocycles. The molecule has 8 heteroatoms. The lowest BCUT2D eigenvalue weighted by atomic mass is 10.1. The molecule has 1 aromatic heterocycles. The average molecular weight is 475 g/mol. The summed E-state index contributed by atoms with van der Waals surface area (Å²) >= 11 is 0. The van der Waals surface area contributed by atoms with E-state index in [1.807, 2.05) is 11.0 Å². The Hall–Kier alpha value is -3.10. The van der Waals surface area contributed by atoms with E-state index >= 15 is 0 Å². The quantitative estimate of drug-likeness (QED) is 0.605. The van der Waals surface area contributed by atoms with Crippen LogP contribution in [0.25, 0.3) is 10.9 Å². The van der Waals surface area contributed by atoms with Crippen molar-refractivity contribution in [3.05, 3.63) is 52.7 Å². The zero-order valence-corrected chi connectivity index (χ0v) is 20.5. The van der Waals surface area contributed by atoms with Gasteiger partial charge in [-0.3, -0.25) is 14.8 Å².